The van der Waals surface area contributed by atoms with E-state index < -0.39 is 30.6 Å². The number of carboxylic acids is 1. The Balaban J connectivity index is 3.82. The van der Waals surface area contributed by atoms with Gasteiger partial charge in [0.05, 0.1) is 6.61 Å². The zero-order valence-electron chi connectivity index (χ0n) is 9.92. The Morgan fingerprint density at radius 3 is 2.44 bits per heavy atom. The van der Waals surface area contributed by atoms with Crippen LogP contribution in [-0.2, 0) is 14.3 Å². The number of halogens is 3. The molecule has 0 saturated carbocycles. The molecular formula is C10H16F3NO4. The number of hydrogen-bond donors (Lipinski definition) is 2. The lowest BCUT2D eigenvalue weighted by Gasteiger charge is -2.16. The number of rotatable bonds is 8. The second kappa shape index (κ2) is 7.91. The maximum atomic E-state index is 12.2. The molecule has 0 heterocycles. The molecule has 0 spiro atoms. The van der Waals surface area contributed by atoms with E-state index in [1.165, 1.54) is 0 Å². The van der Waals surface area contributed by atoms with Gasteiger partial charge in [-0.1, -0.05) is 0 Å². The van der Waals surface area contributed by atoms with E-state index in [1.54, 1.807) is 6.92 Å². The van der Waals surface area contributed by atoms with Crippen molar-refractivity contribution in [3.8, 4) is 0 Å². The van der Waals surface area contributed by atoms with Crippen LogP contribution in [0.2, 0.25) is 0 Å². The maximum absolute atomic E-state index is 12.2. The minimum atomic E-state index is -4.78. The minimum absolute atomic E-state index is 0.0879. The van der Waals surface area contributed by atoms with Crippen molar-refractivity contribution in [2.75, 3.05) is 19.7 Å². The van der Waals surface area contributed by atoms with Gasteiger partial charge in [0, 0.05) is 13.0 Å². The summed E-state index contributed by atoms with van der Waals surface area (Å²) in [6, 6.07) is 0. The lowest BCUT2D eigenvalue weighted by atomic mass is 10.1. The molecule has 0 rings (SSSR count). The molecule has 0 saturated heterocycles. The highest BCUT2D eigenvalue weighted by molar-refractivity contribution is 5.71. The van der Waals surface area contributed by atoms with Crippen LogP contribution in [0.3, 0.4) is 0 Å². The van der Waals surface area contributed by atoms with Crippen LogP contribution in [0.1, 0.15) is 19.8 Å². The Bertz CT molecular complexity index is 281. The van der Waals surface area contributed by atoms with Gasteiger partial charge in [0.15, 0.2) is 5.92 Å². The van der Waals surface area contributed by atoms with Gasteiger partial charge in [0.25, 0.3) is 0 Å². The summed E-state index contributed by atoms with van der Waals surface area (Å²) in [5.74, 6) is -4.77. The molecule has 0 radical (unpaired) electrons. The number of ether oxygens (including phenoxy) is 1. The molecule has 0 aliphatic rings. The standard InChI is InChI=1S/C10H16F3NO4/c1-2-18-8(15)4-3-5-14-6-7(9(16)17)10(11,12)13/h7,14H,2-6H2,1H3,(H,16,17). The molecule has 0 aliphatic heterocycles. The van der Waals surface area contributed by atoms with E-state index >= 15 is 0 Å². The first-order valence-electron chi connectivity index (χ1n) is 5.44. The number of carbonyl (C=O) groups is 2. The lowest BCUT2D eigenvalue weighted by Crippen LogP contribution is -2.39. The molecule has 8 heteroatoms. The highest BCUT2D eigenvalue weighted by atomic mass is 19.4. The molecule has 0 aromatic carbocycles. The topological polar surface area (TPSA) is 75.6 Å². The fraction of sp³-hybridized carbons (Fsp3) is 0.800. The highest BCUT2D eigenvalue weighted by Gasteiger charge is 2.44. The number of hydrogen-bond acceptors (Lipinski definition) is 4. The number of alkyl halides is 3. The van der Waals surface area contributed by atoms with Gasteiger partial charge in [0.2, 0.25) is 0 Å². The molecule has 0 aromatic heterocycles. The number of esters is 1. The highest BCUT2D eigenvalue weighted by Crippen LogP contribution is 2.25. The average Bonchev–Trinajstić information content (AvgIpc) is 2.21. The molecule has 1 unspecified atom stereocenters. The third-order valence-corrected chi connectivity index (χ3v) is 2.08. The van der Waals surface area contributed by atoms with Gasteiger partial charge in [-0.3, -0.25) is 9.59 Å². The van der Waals surface area contributed by atoms with Crippen molar-refractivity contribution in [3.05, 3.63) is 0 Å². The van der Waals surface area contributed by atoms with Gasteiger partial charge < -0.3 is 15.2 Å². The summed E-state index contributed by atoms with van der Waals surface area (Å²) < 4.78 is 41.3. The van der Waals surface area contributed by atoms with Crippen molar-refractivity contribution in [1.82, 2.24) is 5.32 Å². The van der Waals surface area contributed by atoms with Crippen LogP contribution in [0.5, 0.6) is 0 Å². The lowest BCUT2D eigenvalue weighted by molar-refractivity contribution is -0.192. The third-order valence-electron chi connectivity index (χ3n) is 2.08. The number of carbonyl (C=O) groups excluding carboxylic acids is 1. The van der Waals surface area contributed by atoms with E-state index in [0.29, 0.717) is 6.42 Å². The molecule has 18 heavy (non-hydrogen) atoms. The predicted octanol–water partition coefficient (Wildman–Crippen LogP) is 1.18. The van der Waals surface area contributed by atoms with E-state index in [-0.39, 0.29) is 19.6 Å². The second-order valence-electron chi connectivity index (χ2n) is 3.55. The molecule has 5 nitrogen and oxygen atoms in total. The van der Waals surface area contributed by atoms with Gasteiger partial charge in [0.1, 0.15) is 0 Å². The Morgan fingerprint density at radius 2 is 2.00 bits per heavy atom. The molecular weight excluding hydrogens is 255 g/mol. The van der Waals surface area contributed by atoms with Gasteiger partial charge in [-0.2, -0.15) is 13.2 Å². The summed E-state index contributed by atoms with van der Waals surface area (Å²) in [7, 11) is 0. The maximum Gasteiger partial charge on any atom is 0.403 e. The van der Waals surface area contributed by atoms with E-state index in [1.807, 2.05) is 0 Å². The van der Waals surface area contributed by atoms with Gasteiger partial charge in [-0.05, 0) is 19.9 Å². The van der Waals surface area contributed by atoms with E-state index in [4.69, 9.17) is 5.11 Å². The van der Waals surface area contributed by atoms with Gasteiger partial charge in [-0.15, -0.1) is 0 Å². The first kappa shape index (κ1) is 16.7. The van der Waals surface area contributed by atoms with Crippen molar-refractivity contribution in [2.45, 2.75) is 25.9 Å². The van der Waals surface area contributed by atoms with E-state index in [9.17, 15) is 22.8 Å². The van der Waals surface area contributed by atoms with Crippen molar-refractivity contribution < 1.29 is 32.6 Å². The van der Waals surface area contributed by atoms with Crippen LogP contribution in [0.25, 0.3) is 0 Å². The monoisotopic (exact) mass is 271 g/mol. The Hall–Kier alpha value is -1.31. The second-order valence-corrected chi connectivity index (χ2v) is 3.55. The molecule has 2 N–H and O–H groups in total. The van der Waals surface area contributed by atoms with Crippen LogP contribution in [-0.4, -0.2) is 42.9 Å². The van der Waals surface area contributed by atoms with Crippen LogP contribution in [0.15, 0.2) is 0 Å². The van der Waals surface area contributed by atoms with Gasteiger partial charge >= 0.3 is 18.1 Å². The summed E-state index contributed by atoms with van der Waals surface area (Å²) in [5.41, 5.74) is 0. The molecule has 106 valence electrons. The van der Waals surface area contributed by atoms with Crippen LogP contribution in [0, 0.1) is 5.92 Å². The Labute approximate surface area is 102 Å². The van der Waals surface area contributed by atoms with Crippen molar-refractivity contribution in [3.63, 3.8) is 0 Å². The number of nitrogens with one attached hydrogen (secondary N) is 1. The van der Waals surface area contributed by atoms with Crippen LogP contribution >= 0.6 is 0 Å². The smallest absolute Gasteiger partial charge is 0.403 e. The predicted molar refractivity (Wildman–Crippen MR) is 55.9 cm³/mol. The fourth-order valence-electron chi connectivity index (χ4n) is 1.18. The third kappa shape index (κ3) is 7.10. The zero-order valence-corrected chi connectivity index (χ0v) is 9.92. The quantitative estimate of drug-likeness (QED) is 0.512. The number of carboxylic acid groups (broad SMARTS) is 1. The molecule has 0 bridgehead atoms. The zero-order chi connectivity index (χ0) is 14.2. The Morgan fingerprint density at radius 1 is 1.39 bits per heavy atom. The van der Waals surface area contributed by atoms with Crippen molar-refractivity contribution in [2.24, 2.45) is 5.92 Å². The summed E-state index contributed by atoms with van der Waals surface area (Å²) in [6.07, 6.45) is -4.40. The molecule has 1 atom stereocenters. The van der Waals surface area contributed by atoms with E-state index in [2.05, 4.69) is 10.1 Å². The fourth-order valence-corrected chi connectivity index (χ4v) is 1.18. The average molecular weight is 271 g/mol. The van der Waals surface area contributed by atoms with Crippen molar-refractivity contribution in [1.29, 1.82) is 0 Å². The summed E-state index contributed by atoms with van der Waals surface area (Å²) in [5, 5.41) is 10.8. The normalized spacial score (nSPS) is 13.1. The van der Waals surface area contributed by atoms with Gasteiger partial charge in [-0.25, -0.2) is 0 Å². The van der Waals surface area contributed by atoms with Crippen LogP contribution in [0.4, 0.5) is 13.2 Å². The van der Waals surface area contributed by atoms with Crippen molar-refractivity contribution >= 4 is 11.9 Å². The molecule has 0 aliphatic carbocycles. The minimum Gasteiger partial charge on any atom is -0.481 e. The molecule has 0 amide bonds. The summed E-state index contributed by atoms with van der Waals surface area (Å²) >= 11 is 0. The summed E-state index contributed by atoms with van der Waals surface area (Å²) in [6.45, 7) is 1.32. The first-order chi connectivity index (χ1) is 8.29. The van der Waals surface area contributed by atoms with E-state index in [0.717, 1.165) is 0 Å². The molecule has 0 fully saturated rings. The van der Waals surface area contributed by atoms with Crippen LogP contribution < -0.4 is 5.32 Å². The first-order valence-corrected chi connectivity index (χ1v) is 5.44. The molecule has 0 aromatic rings. The SMILES string of the molecule is CCOC(=O)CCCNCC(C(=O)O)C(F)(F)F. The summed E-state index contributed by atoms with van der Waals surface area (Å²) in [4.78, 5) is 21.3. The largest absolute Gasteiger partial charge is 0.481 e. The Kier molecular flexibility index (Phi) is 7.33. The number of aliphatic carboxylic acids is 1.